The third-order valence-corrected chi connectivity index (χ3v) is 3.05. The highest BCUT2D eigenvalue weighted by molar-refractivity contribution is 7.98. The summed E-state index contributed by atoms with van der Waals surface area (Å²) in [7, 11) is 0. The second-order valence-corrected chi connectivity index (χ2v) is 4.39. The van der Waals surface area contributed by atoms with Crippen LogP contribution in [0.15, 0.2) is 58.4 Å². The molecule has 0 fully saturated rings. The van der Waals surface area contributed by atoms with Crippen LogP contribution in [0, 0.1) is 5.82 Å². The third kappa shape index (κ3) is 3.43. The largest absolute Gasteiger partial charge is 0.256 e. The first-order valence-electron chi connectivity index (χ1n) is 5.21. The maximum Gasteiger partial charge on any atom is 0.123 e. The fourth-order valence-corrected chi connectivity index (χ4v) is 1.77. The SMILES string of the molecule is CSc1ccc(/N=C/c2ccc(F)cc2)cc1. The third-order valence-electron chi connectivity index (χ3n) is 2.31. The summed E-state index contributed by atoms with van der Waals surface area (Å²) < 4.78 is 12.7. The lowest BCUT2D eigenvalue weighted by atomic mass is 10.2. The molecule has 0 aliphatic rings. The molecule has 0 radical (unpaired) electrons. The van der Waals surface area contributed by atoms with Gasteiger partial charge < -0.3 is 0 Å². The second kappa shape index (κ2) is 5.64. The fourth-order valence-electron chi connectivity index (χ4n) is 1.37. The molecular weight excluding hydrogens is 233 g/mol. The van der Waals surface area contributed by atoms with Crippen LogP contribution in [0.2, 0.25) is 0 Å². The van der Waals surface area contributed by atoms with Crippen LogP contribution in [0.1, 0.15) is 5.56 Å². The van der Waals surface area contributed by atoms with Crippen LogP contribution in [-0.2, 0) is 0 Å². The van der Waals surface area contributed by atoms with Crippen LogP contribution >= 0.6 is 11.8 Å². The number of hydrogen-bond acceptors (Lipinski definition) is 2. The Kier molecular flexibility index (Phi) is 3.94. The molecule has 0 bridgehead atoms. The normalized spacial score (nSPS) is 10.9. The molecule has 2 aromatic carbocycles. The van der Waals surface area contributed by atoms with E-state index in [2.05, 4.69) is 4.99 Å². The molecule has 2 aromatic rings. The van der Waals surface area contributed by atoms with E-state index in [9.17, 15) is 4.39 Å². The summed E-state index contributed by atoms with van der Waals surface area (Å²) in [6.45, 7) is 0. The van der Waals surface area contributed by atoms with Gasteiger partial charge in [0.2, 0.25) is 0 Å². The number of halogens is 1. The lowest BCUT2D eigenvalue weighted by molar-refractivity contribution is 0.628. The van der Waals surface area contributed by atoms with Crippen LogP contribution in [0.25, 0.3) is 0 Å². The van der Waals surface area contributed by atoms with E-state index in [1.54, 1.807) is 30.1 Å². The van der Waals surface area contributed by atoms with Crippen LogP contribution in [-0.4, -0.2) is 12.5 Å². The predicted molar refractivity (Wildman–Crippen MR) is 71.9 cm³/mol. The fraction of sp³-hybridized carbons (Fsp3) is 0.0714. The van der Waals surface area contributed by atoms with Gasteiger partial charge in [-0.15, -0.1) is 11.8 Å². The van der Waals surface area contributed by atoms with E-state index in [0.717, 1.165) is 11.3 Å². The number of aliphatic imine (C=N–C) groups is 1. The minimum absolute atomic E-state index is 0.230. The molecular formula is C14H12FNS. The van der Waals surface area contributed by atoms with Crippen molar-refractivity contribution in [1.29, 1.82) is 0 Å². The minimum Gasteiger partial charge on any atom is -0.256 e. The van der Waals surface area contributed by atoms with E-state index in [1.165, 1.54) is 17.0 Å². The van der Waals surface area contributed by atoms with Gasteiger partial charge in [0.25, 0.3) is 0 Å². The van der Waals surface area contributed by atoms with Gasteiger partial charge in [-0.25, -0.2) is 4.39 Å². The molecule has 0 unspecified atom stereocenters. The first kappa shape index (κ1) is 11.9. The number of nitrogens with zero attached hydrogens (tertiary/aromatic N) is 1. The molecule has 0 saturated carbocycles. The Morgan fingerprint density at radius 1 is 1.00 bits per heavy atom. The highest BCUT2D eigenvalue weighted by Crippen LogP contribution is 2.19. The molecule has 0 N–H and O–H groups in total. The Morgan fingerprint density at radius 3 is 2.24 bits per heavy atom. The quantitative estimate of drug-likeness (QED) is 0.580. The van der Waals surface area contributed by atoms with Gasteiger partial charge >= 0.3 is 0 Å². The first-order chi connectivity index (χ1) is 8.28. The molecule has 0 aliphatic heterocycles. The highest BCUT2D eigenvalue weighted by atomic mass is 32.2. The molecule has 86 valence electrons. The summed E-state index contributed by atoms with van der Waals surface area (Å²) in [6, 6.07) is 14.3. The van der Waals surface area contributed by atoms with Gasteiger partial charge in [-0.1, -0.05) is 12.1 Å². The van der Waals surface area contributed by atoms with E-state index < -0.39 is 0 Å². The lowest BCUT2D eigenvalue weighted by Crippen LogP contribution is -1.80. The molecule has 1 nitrogen and oxygen atoms in total. The lowest BCUT2D eigenvalue weighted by Gasteiger charge is -1.97. The zero-order valence-electron chi connectivity index (χ0n) is 9.43. The number of thioether (sulfide) groups is 1. The monoisotopic (exact) mass is 245 g/mol. The molecule has 0 atom stereocenters. The summed E-state index contributed by atoms with van der Waals surface area (Å²) in [5, 5.41) is 0. The van der Waals surface area contributed by atoms with E-state index in [1.807, 2.05) is 30.5 Å². The maximum atomic E-state index is 12.7. The molecule has 0 amide bonds. The maximum absolute atomic E-state index is 12.7. The Hall–Kier alpha value is -1.61. The van der Waals surface area contributed by atoms with Crippen LogP contribution in [0.4, 0.5) is 10.1 Å². The van der Waals surface area contributed by atoms with Crippen LogP contribution < -0.4 is 0 Å². The van der Waals surface area contributed by atoms with Crippen molar-refractivity contribution in [1.82, 2.24) is 0 Å². The van der Waals surface area contributed by atoms with Crippen molar-refractivity contribution in [3.8, 4) is 0 Å². The number of rotatable bonds is 3. The zero-order chi connectivity index (χ0) is 12.1. The molecule has 17 heavy (non-hydrogen) atoms. The predicted octanol–water partition coefficient (Wildman–Crippen LogP) is 4.30. The van der Waals surface area contributed by atoms with Crippen molar-refractivity contribution in [3.63, 3.8) is 0 Å². The summed E-state index contributed by atoms with van der Waals surface area (Å²) >= 11 is 1.70. The number of benzene rings is 2. The topological polar surface area (TPSA) is 12.4 Å². The molecule has 0 aliphatic carbocycles. The van der Waals surface area contributed by atoms with Crippen molar-refractivity contribution in [2.75, 3.05) is 6.26 Å². The van der Waals surface area contributed by atoms with Gasteiger partial charge in [-0.3, -0.25) is 4.99 Å². The van der Waals surface area contributed by atoms with Crippen molar-refractivity contribution in [3.05, 3.63) is 59.9 Å². The van der Waals surface area contributed by atoms with Gasteiger partial charge in [-0.2, -0.15) is 0 Å². The van der Waals surface area contributed by atoms with Crippen molar-refractivity contribution in [2.45, 2.75) is 4.90 Å². The summed E-state index contributed by atoms with van der Waals surface area (Å²) in [4.78, 5) is 5.54. The van der Waals surface area contributed by atoms with Crippen LogP contribution in [0.5, 0.6) is 0 Å². The molecule has 2 rings (SSSR count). The van der Waals surface area contributed by atoms with Crippen molar-refractivity contribution >= 4 is 23.7 Å². The van der Waals surface area contributed by atoms with E-state index >= 15 is 0 Å². The highest BCUT2D eigenvalue weighted by Gasteiger charge is 1.92. The summed E-state index contributed by atoms with van der Waals surface area (Å²) in [5.41, 5.74) is 1.78. The average Bonchev–Trinajstić information content (AvgIpc) is 2.39. The smallest absolute Gasteiger partial charge is 0.123 e. The van der Waals surface area contributed by atoms with Crippen molar-refractivity contribution < 1.29 is 4.39 Å². The summed E-state index contributed by atoms with van der Waals surface area (Å²) in [5.74, 6) is -0.230. The Labute approximate surface area is 104 Å². The van der Waals surface area contributed by atoms with Gasteiger partial charge in [-0.05, 0) is 48.2 Å². The Bertz CT molecular complexity index is 503. The van der Waals surface area contributed by atoms with E-state index in [0.29, 0.717) is 0 Å². The standard InChI is InChI=1S/C14H12FNS/c1-17-14-8-6-13(7-9-14)16-10-11-2-4-12(15)5-3-11/h2-10H,1H3/b16-10+. The Balaban J connectivity index is 2.11. The van der Waals surface area contributed by atoms with Gasteiger partial charge in [0, 0.05) is 11.1 Å². The second-order valence-electron chi connectivity index (χ2n) is 3.51. The Morgan fingerprint density at radius 2 is 1.65 bits per heavy atom. The number of hydrogen-bond donors (Lipinski definition) is 0. The molecule has 3 heteroatoms. The zero-order valence-corrected chi connectivity index (χ0v) is 10.2. The molecule has 0 saturated heterocycles. The van der Waals surface area contributed by atoms with Gasteiger partial charge in [0.05, 0.1) is 5.69 Å². The molecule has 0 heterocycles. The van der Waals surface area contributed by atoms with Gasteiger partial charge in [0.15, 0.2) is 0 Å². The molecule has 0 spiro atoms. The van der Waals surface area contributed by atoms with E-state index in [-0.39, 0.29) is 5.82 Å². The average molecular weight is 245 g/mol. The van der Waals surface area contributed by atoms with E-state index in [4.69, 9.17) is 0 Å². The molecule has 0 aromatic heterocycles. The minimum atomic E-state index is -0.230. The summed E-state index contributed by atoms with van der Waals surface area (Å²) in [6.07, 6.45) is 3.77. The van der Waals surface area contributed by atoms with Gasteiger partial charge in [0.1, 0.15) is 5.82 Å². The van der Waals surface area contributed by atoms with Crippen molar-refractivity contribution in [2.24, 2.45) is 4.99 Å². The first-order valence-corrected chi connectivity index (χ1v) is 6.44. The van der Waals surface area contributed by atoms with Crippen LogP contribution in [0.3, 0.4) is 0 Å².